The maximum atomic E-state index is 10.5. The smallest absolute Gasteiger partial charge is 0.304 e. The van der Waals surface area contributed by atoms with Crippen LogP contribution in [0.1, 0.15) is 11.4 Å². The number of aliphatic carboxylic acids is 1. The lowest BCUT2D eigenvalue weighted by Crippen LogP contribution is -2.21. The largest absolute Gasteiger partial charge is 0.481 e. The molecule has 0 saturated heterocycles. The van der Waals surface area contributed by atoms with Crippen molar-refractivity contribution in [1.29, 1.82) is 0 Å². The van der Waals surface area contributed by atoms with Crippen molar-refractivity contribution in [2.75, 3.05) is 13.6 Å². The van der Waals surface area contributed by atoms with E-state index in [9.17, 15) is 4.79 Å². The zero-order valence-electron chi connectivity index (χ0n) is 10.6. The number of hydrogen-bond donors (Lipinski definition) is 1. The molecule has 0 aliphatic rings. The lowest BCUT2D eigenvalue weighted by molar-refractivity contribution is -0.137. The first-order valence-electron chi connectivity index (χ1n) is 5.90. The Balaban J connectivity index is 1.96. The molecule has 0 aliphatic carbocycles. The van der Waals surface area contributed by atoms with Gasteiger partial charge in [-0.05, 0) is 19.2 Å². The Morgan fingerprint density at radius 1 is 1.53 bits per heavy atom. The zero-order chi connectivity index (χ0) is 13.7. The number of hydrogen-bond acceptors (Lipinski definition) is 5. The third kappa shape index (κ3) is 4.11. The molecule has 1 N–H and O–H groups in total. The molecule has 0 spiro atoms. The Morgan fingerprint density at radius 3 is 3.05 bits per heavy atom. The van der Waals surface area contributed by atoms with Crippen molar-refractivity contribution in [3.8, 4) is 11.3 Å². The van der Waals surface area contributed by atoms with E-state index in [0.717, 1.165) is 16.3 Å². The van der Waals surface area contributed by atoms with E-state index in [0.29, 0.717) is 13.1 Å². The second kappa shape index (κ2) is 6.40. The van der Waals surface area contributed by atoms with Crippen LogP contribution in [0, 0.1) is 0 Å². The van der Waals surface area contributed by atoms with Crippen LogP contribution in [-0.2, 0) is 11.3 Å². The van der Waals surface area contributed by atoms with Gasteiger partial charge in [-0.3, -0.25) is 14.7 Å². The minimum Gasteiger partial charge on any atom is -0.481 e. The van der Waals surface area contributed by atoms with Gasteiger partial charge in [-0.15, -0.1) is 11.3 Å². The first kappa shape index (κ1) is 13.6. The average Bonchev–Trinajstić information content (AvgIpc) is 2.86. The summed E-state index contributed by atoms with van der Waals surface area (Å²) in [7, 11) is 1.90. The number of nitrogens with zero attached hydrogens (tertiary/aromatic N) is 3. The molecule has 2 heterocycles. The zero-order valence-corrected chi connectivity index (χ0v) is 11.4. The summed E-state index contributed by atoms with van der Waals surface area (Å²) in [5.41, 5.74) is 1.91. The molecule has 2 aromatic heterocycles. The van der Waals surface area contributed by atoms with Crippen LogP contribution < -0.4 is 0 Å². The van der Waals surface area contributed by atoms with E-state index in [4.69, 9.17) is 5.11 Å². The minimum absolute atomic E-state index is 0.150. The number of carboxylic acid groups (broad SMARTS) is 1. The molecule has 0 unspecified atom stereocenters. The number of pyridine rings is 1. The van der Waals surface area contributed by atoms with Crippen LogP contribution in [0.3, 0.4) is 0 Å². The van der Waals surface area contributed by atoms with E-state index in [1.165, 1.54) is 0 Å². The molecular formula is C13H15N3O2S. The second-order valence-electron chi connectivity index (χ2n) is 4.25. The van der Waals surface area contributed by atoms with Crippen LogP contribution in [0.15, 0.2) is 29.9 Å². The van der Waals surface area contributed by atoms with Crippen LogP contribution in [0.2, 0.25) is 0 Å². The molecule has 0 fully saturated rings. The molecule has 19 heavy (non-hydrogen) atoms. The highest BCUT2D eigenvalue weighted by Crippen LogP contribution is 2.21. The van der Waals surface area contributed by atoms with Gasteiger partial charge in [0.2, 0.25) is 0 Å². The number of thiazole rings is 1. The lowest BCUT2D eigenvalue weighted by atomic mass is 10.2. The molecule has 0 amide bonds. The van der Waals surface area contributed by atoms with E-state index in [2.05, 4.69) is 9.97 Å². The van der Waals surface area contributed by atoms with Crippen LogP contribution in [0.25, 0.3) is 11.3 Å². The first-order valence-corrected chi connectivity index (χ1v) is 6.78. The van der Waals surface area contributed by atoms with Gasteiger partial charge in [0, 0.05) is 29.9 Å². The predicted octanol–water partition coefficient (Wildman–Crippen LogP) is 2.11. The van der Waals surface area contributed by atoms with Crippen molar-refractivity contribution in [2.45, 2.75) is 13.0 Å². The van der Waals surface area contributed by atoms with Crippen LogP contribution in [-0.4, -0.2) is 39.5 Å². The summed E-state index contributed by atoms with van der Waals surface area (Å²) in [4.78, 5) is 21.1. The van der Waals surface area contributed by atoms with Crippen molar-refractivity contribution in [3.63, 3.8) is 0 Å². The predicted molar refractivity (Wildman–Crippen MR) is 73.9 cm³/mol. The molecule has 5 nitrogen and oxygen atoms in total. The molecule has 0 radical (unpaired) electrons. The number of rotatable bonds is 6. The molecule has 0 aromatic carbocycles. The van der Waals surface area contributed by atoms with E-state index in [1.807, 2.05) is 29.5 Å². The van der Waals surface area contributed by atoms with Crippen LogP contribution >= 0.6 is 11.3 Å². The molecular weight excluding hydrogens is 262 g/mol. The summed E-state index contributed by atoms with van der Waals surface area (Å²) in [6, 6.07) is 3.85. The molecule has 0 saturated carbocycles. The molecule has 6 heteroatoms. The Kier molecular flexibility index (Phi) is 4.59. The van der Waals surface area contributed by atoms with Gasteiger partial charge in [0.1, 0.15) is 5.01 Å². The molecule has 0 aliphatic heterocycles. The lowest BCUT2D eigenvalue weighted by Gasteiger charge is -2.12. The summed E-state index contributed by atoms with van der Waals surface area (Å²) in [5, 5.41) is 11.6. The van der Waals surface area contributed by atoms with Crippen molar-refractivity contribution in [3.05, 3.63) is 34.9 Å². The fourth-order valence-electron chi connectivity index (χ4n) is 1.63. The normalized spacial score (nSPS) is 10.8. The quantitative estimate of drug-likeness (QED) is 0.876. The highest BCUT2D eigenvalue weighted by molar-refractivity contribution is 7.09. The molecule has 2 aromatic rings. The summed E-state index contributed by atoms with van der Waals surface area (Å²) >= 11 is 1.58. The second-order valence-corrected chi connectivity index (χ2v) is 5.19. The van der Waals surface area contributed by atoms with Crippen LogP contribution in [0.5, 0.6) is 0 Å². The Labute approximate surface area is 115 Å². The Bertz CT molecular complexity index is 542. The Hall–Kier alpha value is -1.79. The van der Waals surface area contributed by atoms with Gasteiger partial charge in [0.25, 0.3) is 0 Å². The summed E-state index contributed by atoms with van der Waals surface area (Å²) < 4.78 is 0. The van der Waals surface area contributed by atoms with Crippen molar-refractivity contribution in [1.82, 2.24) is 14.9 Å². The van der Waals surface area contributed by atoms with Gasteiger partial charge in [0.05, 0.1) is 18.7 Å². The minimum atomic E-state index is -0.776. The van der Waals surface area contributed by atoms with Gasteiger partial charge in [-0.1, -0.05) is 0 Å². The van der Waals surface area contributed by atoms with Gasteiger partial charge < -0.3 is 5.11 Å². The maximum Gasteiger partial charge on any atom is 0.304 e. The number of aromatic nitrogens is 2. The van der Waals surface area contributed by atoms with E-state index >= 15 is 0 Å². The average molecular weight is 277 g/mol. The number of carbonyl (C=O) groups is 1. The molecule has 100 valence electrons. The molecule has 0 bridgehead atoms. The Morgan fingerprint density at radius 2 is 2.37 bits per heavy atom. The highest BCUT2D eigenvalue weighted by atomic mass is 32.1. The fraction of sp³-hybridized carbons (Fsp3) is 0.308. The van der Waals surface area contributed by atoms with Crippen molar-refractivity contribution >= 4 is 17.3 Å². The standard InChI is InChI=1S/C13H15N3O2S/c1-16(6-4-13(17)18)8-12-15-11(9-19-12)10-3-2-5-14-7-10/h2-3,5,7,9H,4,6,8H2,1H3,(H,17,18). The summed E-state index contributed by atoms with van der Waals surface area (Å²) in [5.74, 6) is -0.776. The monoisotopic (exact) mass is 277 g/mol. The van der Waals surface area contributed by atoms with Crippen LogP contribution in [0.4, 0.5) is 0 Å². The topological polar surface area (TPSA) is 66.3 Å². The summed E-state index contributed by atoms with van der Waals surface area (Å²) in [6.07, 6.45) is 3.67. The van der Waals surface area contributed by atoms with Gasteiger partial charge >= 0.3 is 5.97 Å². The molecule has 0 atom stereocenters. The van der Waals surface area contributed by atoms with E-state index in [-0.39, 0.29) is 6.42 Å². The molecule has 2 rings (SSSR count). The number of carboxylic acids is 1. The highest BCUT2D eigenvalue weighted by Gasteiger charge is 2.08. The maximum absolute atomic E-state index is 10.5. The summed E-state index contributed by atoms with van der Waals surface area (Å²) in [6.45, 7) is 1.19. The van der Waals surface area contributed by atoms with Gasteiger partial charge in [0.15, 0.2) is 0 Å². The fourth-order valence-corrected chi connectivity index (χ4v) is 2.51. The van der Waals surface area contributed by atoms with E-state index in [1.54, 1.807) is 23.7 Å². The van der Waals surface area contributed by atoms with E-state index < -0.39 is 5.97 Å². The van der Waals surface area contributed by atoms with Crippen molar-refractivity contribution < 1.29 is 9.90 Å². The first-order chi connectivity index (χ1) is 9.15. The third-order valence-corrected chi connectivity index (χ3v) is 3.46. The third-order valence-electron chi connectivity index (χ3n) is 2.62. The van der Waals surface area contributed by atoms with Crippen molar-refractivity contribution in [2.24, 2.45) is 0 Å². The van der Waals surface area contributed by atoms with Gasteiger partial charge in [-0.25, -0.2) is 4.98 Å². The SMILES string of the molecule is CN(CCC(=O)O)Cc1nc(-c2cccnc2)cs1. The van der Waals surface area contributed by atoms with Gasteiger partial charge in [-0.2, -0.15) is 0 Å².